The van der Waals surface area contributed by atoms with Crippen LogP contribution in [0.25, 0.3) is 0 Å². The summed E-state index contributed by atoms with van der Waals surface area (Å²) in [5.41, 5.74) is 3.51. The number of nitrogens with one attached hydrogen (secondary N) is 1. The van der Waals surface area contributed by atoms with Crippen molar-refractivity contribution in [3.63, 3.8) is 0 Å². The molecule has 0 spiro atoms. The zero-order valence-corrected chi connectivity index (χ0v) is 25.4. The van der Waals surface area contributed by atoms with Crippen LogP contribution in [0, 0.1) is 13.8 Å². The molecule has 0 saturated heterocycles. The average Bonchev–Trinajstić information content (AvgIpc) is 3.44. The lowest BCUT2D eigenvalue weighted by Gasteiger charge is -2.34. The number of benzene rings is 3. The second kappa shape index (κ2) is 13.5. The number of halogens is 1. The third-order valence-electron chi connectivity index (χ3n) is 7.64. The van der Waals surface area contributed by atoms with Crippen molar-refractivity contribution in [3.05, 3.63) is 100 Å². The van der Waals surface area contributed by atoms with Gasteiger partial charge in [-0.3, -0.25) is 13.9 Å². The largest absolute Gasteiger partial charge is 0.352 e. The summed E-state index contributed by atoms with van der Waals surface area (Å²) >= 11 is 6.53. The highest BCUT2D eigenvalue weighted by molar-refractivity contribution is 7.92. The third kappa shape index (κ3) is 7.89. The van der Waals surface area contributed by atoms with E-state index in [1.807, 2.05) is 74.5 Å². The fourth-order valence-corrected chi connectivity index (χ4v) is 6.67. The number of sulfonamides is 1. The molecule has 0 unspecified atom stereocenters. The highest BCUT2D eigenvalue weighted by Crippen LogP contribution is 2.28. The first-order valence-electron chi connectivity index (χ1n) is 14.0. The molecule has 9 heteroatoms. The van der Waals surface area contributed by atoms with E-state index in [0.717, 1.165) is 52.9 Å². The van der Waals surface area contributed by atoms with E-state index in [4.69, 9.17) is 11.6 Å². The van der Waals surface area contributed by atoms with Crippen LogP contribution in [-0.2, 0) is 32.6 Å². The van der Waals surface area contributed by atoms with Crippen LogP contribution in [0.5, 0.6) is 0 Å². The van der Waals surface area contributed by atoms with Crippen molar-refractivity contribution >= 4 is 39.1 Å². The zero-order chi connectivity index (χ0) is 29.6. The molecule has 0 heterocycles. The Balaban J connectivity index is 1.76. The van der Waals surface area contributed by atoms with Gasteiger partial charge < -0.3 is 10.2 Å². The molecule has 3 aromatic rings. The van der Waals surface area contributed by atoms with Crippen molar-refractivity contribution in [2.45, 2.75) is 64.6 Å². The van der Waals surface area contributed by atoms with Crippen LogP contribution in [0.4, 0.5) is 5.69 Å². The van der Waals surface area contributed by atoms with Gasteiger partial charge in [0, 0.05) is 24.0 Å². The fraction of sp³-hybridized carbons (Fsp3) is 0.375. The molecule has 1 aliphatic rings. The summed E-state index contributed by atoms with van der Waals surface area (Å²) in [4.78, 5) is 29.7. The van der Waals surface area contributed by atoms with Gasteiger partial charge in [-0.1, -0.05) is 91.2 Å². The highest BCUT2D eigenvalue weighted by atomic mass is 35.5. The van der Waals surface area contributed by atoms with Crippen LogP contribution in [0.2, 0.25) is 5.02 Å². The van der Waals surface area contributed by atoms with Crippen molar-refractivity contribution in [2.75, 3.05) is 17.1 Å². The third-order valence-corrected chi connectivity index (χ3v) is 9.12. The Bertz CT molecular complexity index is 1450. The van der Waals surface area contributed by atoms with Crippen LogP contribution in [-0.4, -0.2) is 50.0 Å². The van der Waals surface area contributed by atoms with Crippen molar-refractivity contribution in [3.8, 4) is 0 Å². The van der Waals surface area contributed by atoms with Crippen molar-refractivity contribution in [2.24, 2.45) is 0 Å². The van der Waals surface area contributed by atoms with Gasteiger partial charge in [0.1, 0.15) is 12.6 Å². The van der Waals surface area contributed by atoms with Crippen LogP contribution < -0.4 is 9.62 Å². The first-order chi connectivity index (χ1) is 19.5. The van der Waals surface area contributed by atoms with E-state index in [2.05, 4.69) is 5.32 Å². The molecule has 0 aliphatic heterocycles. The number of nitrogens with zero attached hydrogens (tertiary/aromatic N) is 2. The average molecular weight is 596 g/mol. The fourth-order valence-electron chi connectivity index (χ4n) is 5.51. The Morgan fingerprint density at radius 2 is 1.54 bits per heavy atom. The predicted molar refractivity (Wildman–Crippen MR) is 164 cm³/mol. The number of para-hydroxylation sites is 1. The Labute approximate surface area is 248 Å². The van der Waals surface area contributed by atoms with E-state index in [0.29, 0.717) is 16.3 Å². The van der Waals surface area contributed by atoms with Gasteiger partial charge in [0.15, 0.2) is 0 Å². The molecule has 7 nitrogen and oxygen atoms in total. The van der Waals surface area contributed by atoms with Crippen molar-refractivity contribution in [1.82, 2.24) is 10.2 Å². The van der Waals surface area contributed by atoms with Crippen LogP contribution in [0.15, 0.2) is 72.8 Å². The van der Waals surface area contributed by atoms with Gasteiger partial charge in [0.25, 0.3) is 0 Å². The summed E-state index contributed by atoms with van der Waals surface area (Å²) in [5, 5.41) is 3.64. The van der Waals surface area contributed by atoms with E-state index < -0.39 is 28.5 Å². The molecule has 218 valence electrons. The second-order valence-corrected chi connectivity index (χ2v) is 13.1. The van der Waals surface area contributed by atoms with Crippen molar-refractivity contribution < 1.29 is 18.0 Å². The lowest BCUT2D eigenvalue weighted by Crippen LogP contribution is -2.54. The normalized spacial score (nSPS) is 14.4. The molecule has 3 aromatic carbocycles. The number of amides is 2. The van der Waals surface area contributed by atoms with Gasteiger partial charge in [-0.15, -0.1) is 0 Å². The maximum Gasteiger partial charge on any atom is 0.244 e. The molecule has 1 N–H and O–H groups in total. The summed E-state index contributed by atoms with van der Waals surface area (Å²) in [6.07, 6.45) is 5.27. The summed E-state index contributed by atoms with van der Waals surface area (Å²) < 4.78 is 27.3. The number of hydrogen-bond acceptors (Lipinski definition) is 4. The quantitative estimate of drug-likeness (QED) is 0.321. The molecule has 0 aromatic heterocycles. The van der Waals surface area contributed by atoms with Gasteiger partial charge in [-0.25, -0.2) is 8.42 Å². The Morgan fingerprint density at radius 1 is 0.927 bits per heavy atom. The maximum atomic E-state index is 14.3. The van der Waals surface area contributed by atoms with Gasteiger partial charge in [-0.05, 0) is 55.0 Å². The minimum Gasteiger partial charge on any atom is -0.352 e. The number of carbonyl (C=O) groups excluding carboxylic acids is 2. The van der Waals surface area contributed by atoms with Gasteiger partial charge in [-0.2, -0.15) is 0 Å². The summed E-state index contributed by atoms with van der Waals surface area (Å²) in [6, 6.07) is 21.4. The molecule has 4 rings (SSSR count). The number of hydrogen-bond donors (Lipinski definition) is 1. The molecule has 1 aliphatic carbocycles. The summed E-state index contributed by atoms with van der Waals surface area (Å²) in [5.74, 6) is -0.736. The van der Waals surface area contributed by atoms with Crippen LogP contribution in [0.1, 0.15) is 47.9 Å². The summed E-state index contributed by atoms with van der Waals surface area (Å²) in [6.45, 7) is 3.24. The Kier molecular flexibility index (Phi) is 10.1. The molecule has 0 radical (unpaired) electrons. The molecular formula is C32H38ClN3O4S. The van der Waals surface area contributed by atoms with E-state index in [9.17, 15) is 18.0 Å². The number of anilines is 1. The van der Waals surface area contributed by atoms with Gasteiger partial charge >= 0.3 is 0 Å². The molecule has 1 fully saturated rings. The first-order valence-corrected chi connectivity index (χ1v) is 16.2. The number of carbonyl (C=O) groups is 2. The van der Waals surface area contributed by atoms with E-state index in [1.165, 1.54) is 4.90 Å². The van der Waals surface area contributed by atoms with Gasteiger partial charge in [0.2, 0.25) is 21.8 Å². The SMILES string of the molecule is Cc1cccc(C)c1N(CC(=O)N(Cc1ccccc1Cl)[C@H](Cc1ccccc1)C(=O)NC1CCCC1)S(C)(=O)=O. The minimum atomic E-state index is -3.84. The molecule has 2 amide bonds. The Morgan fingerprint density at radius 3 is 2.15 bits per heavy atom. The topological polar surface area (TPSA) is 86.8 Å². The van der Waals surface area contributed by atoms with E-state index in [-0.39, 0.29) is 24.9 Å². The Hall–Kier alpha value is -3.36. The lowest BCUT2D eigenvalue weighted by molar-refractivity contribution is -0.140. The van der Waals surface area contributed by atoms with Crippen molar-refractivity contribution in [1.29, 1.82) is 0 Å². The standard InChI is InChI=1S/C32H38ClN3O4S/c1-23-12-11-13-24(2)31(23)36(41(3,39)40)22-30(37)35(21-26-16-7-10-19-28(26)33)29(20-25-14-5-4-6-15-25)32(38)34-27-17-8-9-18-27/h4-7,10-16,19,27,29H,8-9,17-18,20-22H2,1-3H3,(H,34,38)/t29-/m1/s1. The van der Waals surface area contributed by atoms with E-state index in [1.54, 1.807) is 12.1 Å². The molecular weight excluding hydrogens is 558 g/mol. The minimum absolute atomic E-state index is 0.0540. The highest BCUT2D eigenvalue weighted by Gasteiger charge is 2.35. The summed E-state index contributed by atoms with van der Waals surface area (Å²) in [7, 11) is -3.84. The van der Waals surface area contributed by atoms with Crippen LogP contribution in [0.3, 0.4) is 0 Å². The predicted octanol–water partition coefficient (Wildman–Crippen LogP) is 5.42. The second-order valence-electron chi connectivity index (χ2n) is 10.8. The van der Waals surface area contributed by atoms with Gasteiger partial charge in [0.05, 0.1) is 11.9 Å². The van der Waals surface area contributed by atoms with E-state index >= 15 is 0 Å². The molecule has 0 bridgehead atoms. The zero-order valence-electron chi connectivity index (χ0n) is 23.8. The number of rotatable bonds is 11. The molecule has 1 saturated carbocycles. The van der Waals surface area contributed by atoms with Crippen LogP contribution >= 0.6 is 11.6 Å². The lowest BCUT2D eigenvalue weighted by atomic mass is 10.0. The number of aryl methyl sites for hydroxylation is 2. The first kappa shape index (κ1) is 30.6. The monoisotopic (exact) mass is 595 g/mol. The molecule has 41 heavy (non-hydrogen) atoms. The molecule has 1 atom stereocenters. The smallest absolute Gasteiger partial charge is 0.244 e. The maximum absolute atomic E-state index is 14.3.